The van der Waals surface area contributed by atoms with Crippen molar-refractivity contribution in [2.24, 2.45) is 5.73 Å². The Morgan fingerprint density at radius 2 is 1.77 bits per heavy atom. The summed E-state index contributed by atoms with van der Waals surface area (Å²) in [6.45, 7) is 1.24. The molecule has 2 aromatic carbocycles. The summed E-state index contributed by atoms with van der Waals surface area (Å²) in [5, 5.41) is 11.0. The number of hydrogen-bond acceptors (Lipinski definition) is 5. The van der Waals surface area contributed by atoms with Crippen LogP contribution in [0.1, 0.15) is 0 Å². The molecule has 1 heterocycles. The van der Waals surface area contributed by atoms with Gasteiger partial charge in [0.15, 0.2) is 5.82 Å². The summed E-state index contributed by atoms with van der Waals surface area (Å²) in [5.74, 6) is 1.50. The predicted molar refractivity (Wildman–Crippen MR) is 89.0 cm³/mol. The van der Waals surface area contributed by atoms with Crippen molar-refractivity contribution in [2.75, 3.05) is 25.0 Å². The molecule has 0 radical (unpaired) electrons. The Hall–Kier alpha value is -2.66. The molecular weight excluding hydrogens is 276 g/mol. The molecule has 3 aromatic rings. The fourth-order valence-electron chi connectivity index (χ4n) is 2.43. The highest BCUT2D eigenvalue weighted by Gasteiger charge is 2.14. The third-order valence-corrected chi connectivity index (χ3v) is 3.55. The first kappa shape index (κ1) is 14.3. The summed E-state index contributed by atoms with van der Waals surface area (Å²) in [7, 11) is 1.95. The second kappa shape index (κ2) is 5.99. The van der Waals surface area contributed by atoms with E-state index < -0.39 is 0 Å². The molecule has 112 valence electrons. The van der Waals surface area contributed by atoms with Gasteiger partial charge in [0.1, 0.15) is 11.6 Å². The van der Waals surface area contributed by atoms with Crippen LogP contribution in [0.5, 0.6) is 5.75 Å². The number of likely N-dealkylation sites (N-methyl/N-ethyl adjacent to an activating group) is 1. The van der Waals surface area contributed by atoms with E-state index in [1.807, 2.05) is 48.3 Å². The zero-order chi connectivity index (χ0) is 15.5. The molecule has 0 amide bonds. The highest BCUT2D eigenvalue weighted by Crippen LogP contribution is 2.30. The average Bonchev–Trinajstić information content (AvgIpc) is 2.54. The summed E-state index contributed by atoms with van der Waals surface area (Å²) in [6, 6.07) is 14.9. The maximum absolute atomic E-state index is 10.1. The van der Waals surface area contributed by atoms with Gasteiger partial charge in [0.25, 0.3) is 0 Å². The van der Waals surface area contributed by atoms with Crippen LogP contribution in [0.4, 0.5) is 5.82 Å². The van der Waals surface area contributed by atoms with Crippen LogP contribution in [-0.2, 0) is 0 Å². The van der Waals surface area contributed by atoms with Crippen LogP contribution in [0, 0.1) is 0 Å². The first-order chi connectivity index (χ1) is 10.7. The predicted octanol–water partition coefficient (Wildman–Crippen LogP) is 2.40. The average molecular weight is 294 g/mol. The molecule has 22 heavy (non-hydrogen) atoms. The minimum Gasteiger partial charge on any atom is -0.507 e. The van der Waals surface area contributed by atoms with E-state index >= 15 is 0 Å². The van der Waals surface area contributed by atoms with E-state index in [4.69, 9.17) is 5.73 Å². The standard InChI is InChI=1S/C17H18N4O/c1-21(11-10-18)17-12-6-2-4-8-14(12)19-16(20-17)13-7-3-5-9-15(13)22/h2-9,22H,10-11,18H2,1H3. The van der Waals surface area contributed by atoms with Gasteiger partial charge in [-0.1, -0.05) is 24.3 Å². The third-order valence-electron chi connectivity index (χ3n) is 3.55. The topological polar surface area (TPSA) is 75.3 Å². The fourth-order valence-corrected chi connectivity index (χ4v) is 2.43. The van der Waals surface area contributed by atoms with Gasteiger partial charge in [0.2, 0.25) is 0 Å². The lowest BCUT2D eigenvalue weighted by Gasteiger charge is -2.20. The maximum Gasteiger partial charge on any atom is 0.165 e. The zero-order valence-corrected chi connectivity index (χ0v) is 12.4. The van der Waals surface area contributed by atoms with Gasteiger partial charge in [0.05, 0.1) is 11.1 Å². The molecule has 0 aliphatic heterocycles. The number of para-hydroxylation sites is 2. The Morgan fingerprint density at radius 3 is 2.55 bits per heavy atom. The minimum absolute atomic E-state index is 0.171. The van der Waals surface area contributed by atoms with Crippen molar-refractivity contribution >= 4 is 16.7 Å². The van der Waals surface area contributed by atoms with Crippen molar-refractivity contribution in [3.63, 3.8) is 0 Å². The van der Waals surface area contributed by atoms with Crippen molar-refractivity contribution < 1.29 is 5.11 Å². The second-order valence-electron chi connectivity index (χ2n) is 5.12. The molecule has 1 aromatic heterocycles. The molecule has 0 unspecified atom stereocenters. The largest absolute Gasteiger partial charge is 0.507 e. The number of phenolic OH excluding ortho intramolecular Hbond substituents is 1. The third kappa shape index (κ3) is 2.58. The van der Waals surface area contributed by atoms with Crippen LogP contribution >= 0.6 is 0 Å². The number of anilines is 1. The molecule has 5 heteroatoms. The monoisotopic (exact) mass is 294 g/mol. The number of benzene rings is 2. The van der Waals surface area contributed by atoms with Crippen LogP contribution in [0.25, 0.3) is 22.3 Å². The molecule has 0 saturated heterocycles. The van der Waals surface area contributed by atoms with Gasteiger partial charge in [0, 0.05) is 25.5 Å². The maximum atomic E-state index is 10.1. The van der Waals surface area contributed by atoms with E-state index in [2.05, 4.69) is 9.97 Å². The molecule has 0 saturated carbocycles. The lowest BCUT2D eigenvalue weighted by atomic mass is 10.1. The normalized spacial score (nSPS) is 10.8. The highest BCUT2D eigenvalue weighted by atomic mass is 16.3. The molecule has 0 spiro atoms. The van der Waals surface area contributed by atoms with Crippen molar-refractivity contribution in [3.05, 3.63) is 48.5 Å². The first-order valence-electron chi connectivity index (χ1n) is 7.17. The quantitative estimate of drug-likeness (QED) is 0.773. The lowest BCUT2D eigenvalue weighted by Crippen LogP contribution is -2.26. The Labute approximate surface area is 129 Å². The Kier molecular flexibility index (Phi) is 3.89. The molecule has 0 aliphatic rings. The van der Waals surface area contributed by atoms with E-state index in [9.17, 15) is 5.11 Å². The second-order valence-corrected chi connectivity index (χ2v) is 5.12. The van der Waals surface area contributed by atoms with Crippen LogP contribution in [0.2, 0.25) is 0 Å². The van der Waals surface area contributed by atoms with Crippen molar-refractivity contribution in [3.8, 4) is 17.1 Å². The number of nitrogens with two attached hydrogens (primary N) is 1. The number of fused-ring (bicyclic) bond motifs is 1. The molecule has 0 fully saturated rings. The van der Waals surface area contributed by atoms with Gasteiger partial charge in [-0.25, -0.2) is 9.97 Å². The smallest absolute Gasteiger partial charge is 0.165 e. The number of aromatic nitrogens is 2. The molecule has 3 rings (SSSR count). The van der Waals surface area contributed by atoms with E-state index in [1.54, 1.807) is 12.1 Å². The summed E-state index contributed by atoms with van der Waals surface area (Å²) in [5.41, 5.74) is 7.12. The van der Waals surface area contributed by atoms with Crippen molar-refractivity contribution in [1.29, 1.82) is 0 Å². The Morgan fingerprint density at radius 1 is 1.05 bits per heavy atom. The van der Waals surface area contributed by atoms with Gasteiger partial charge in [-0.05, 0) is 24.3 Å². The number of aromatic hydroxyl groups is 1. The highest BCUT2D eigenvalue weighted by molar-refractivity contribution is 5.91. The van der Waals surface area contributed by atoms with Gasteiger partial charge in [-0.15, -0.1) is 0 Å². The van der Waals surface area contributed by atoms with Gasteiger partial charge >= 0.3 is 0 Å². The molecule has 0 bridgehead atoms. The van der Waals surface area contributed by atoms with Gasteiger partial charge in [-0.2, -0.15) is 0 Å². The minimum atomic E-state index is 0.171. The van der Waals surface area contributed by atoms with Gasteiger partial charge < -0.3 is 15.7 Å². The van der Waals surface area contributed by atoms with Crippen LogP contribution in [-0.4, -0.2) is 35.2 Å². The van der Waals surface area contributed by atoms with Crippen molar-refractivity contribution in [1.82, 2.24) is 9.97 Å². The fraction of sp³-hybridized carbons (Fsp3) is 0.176. The van der Waals surface area contributed by atoms with Gasteiger partial charge in [-0.3, -0.25) is 0 Å². The number of nitrogens with zero attached hydrogens (tertiary/aromatic N) is 3. The number of hydrogen-bond donors (Lipinski definition) is 2. The number of rotatable bonds is 4. The first-order valence-corrected chi connectivity index (χ1v) is 7.17. The van der Waals surface area contributed by atoms with Crippen molar-refractivity contribution in [2.45, 2.75) is 0 Å². The molecule has 0 atom stereocenters. The Balaban J connectivity index is 2.23. The van der Waals surface area contributed by atoms with Crippen LogP contribution in [0.15, 0.2) is 48.5 Å². The summed E-state index contributed by atoms with van der Waals surface area (Å²) in [6.07, 6.45) is 0. The van der Waals surface area contributed by atoms with E-state index in [-0.39, 0.29) is 5.75 Å². The molecule has 3 N–H and O–H groups in total. The van der Waals surface area contributed by atoms with E-state index in [0.29, 0.717) is 24.5 Å². The summed E-state index contributed by atoms with van der Waals surface area (Å²) in [4.78, 5) is 11.2. The molecular formula is C17H18N4O. The summed E-state index contributed by atoms with van der Waals surface area (Å²) >= 11 is 0. The van der Waals surface area contributed by atoms with E-state index in [1.165, 1.54) is 0 Å². The summed E-state index contributed by atoms with van der Waals surface area (Å²) < 4.78 is 0. The Bertz CT molecular complexity index is 804. The lowest BCUT2D eigenvalue weighted by molar-refractivity contribution is 0.477. The zero-order valence-electron chi connectivity index (χ0n) is 12.4. The SMILES string of the molecule is CN(CCN)c1nc(-c2ccccc2O)nc2ccccc12. The molecule has 0 aliphatic carbocycles. The number of phenols is 1. The van der Waals surface area contributed by atoms with Crippen LogP contribution in [0.3, 0.4) is 0 Å². The molecule has 5 nitrogen and oxygen atoms in total. The van der Waals surface area contributed by atoms with Crippen LogP contribution < -0.4 is 10.6 Å². The van der Waals surface area contributed by atoms with E-state index in [0.717, 1.165) is 16.7 Å².